The first-order valence-corrected chi connectivity index (χ1v) is 5.72. The van der Waals surface area contributed by atoms with Crippen molar-refractivity contribution in [1.82, 2.24) is 10.2 Å². The zero-order valence-corrected chi connectivity index (χ0v) is 10.1. The van der Waals surface area contributed by atoms with Gasteiger partial charge in [0.1, 0.15) is 0 Å². The Morgan fingerprint density at radius 1 is 1.53 bits per heavy atom. The SMILES string of the molecule is CCOCCN1C(=O)C(C)NC1C(C)C. The summed E-state index contributed by atoms with van der Waals surface area (Å²) >= 11 is 0. The summed E-state index contributed by atoms with van der Waals surface area (Å²) < 4.78 is 5.29. The number of nitrogens with zero attached hydrogens (tertiary/aromatic N) is 1. The van der Waals surface area contributed by atoms with Crippen LogP contribution in [0, 0.1) is 5.92 Å². The van der Waals surface area contributed by atoms with Gasteiger partial charge in [0.15, 0.2) is 0 Å². The normalized spacial score (nSPS) is 26.7. The Kier molecular flexibility index (Phi) is 4.54. The summed E-state index contributed by atoms with van der Waals surface area (Å²) in [5.41, 5.74) is 0. The van der Waals surface area contributed by atoms with Gasteiger partial charge in [-0.3, -0.25) is 10.1 Å². The first kappa shape index (κ1) is 12.5. The number of rotatable bonds is 5. The van der Waals surface area contributed by atoms with E-state index in [1.54, 1.807) is 0 Å². The highest BCUT2D eigenvalue weighted by Gasteiger charge is 2.37. The molecule has 1 fully saturated rings. The van der Waals surface area contributed by atoms with Crippen LogP contribution in [0.25, 0.3) is 0 Å². The van der Waals surface area contributed by atoms with E-state index >= 15 is 0 Å². The highest BCUT2D eigenvalue weighted by molar-refractivity contribution is 5.83. The van der Waals surface area contributed by atoms with Crippen molar-refractivity contribution in [3.05, 3.63) is 0 Å². The van der Waals surface area contributed by atoms with E-state index in [0.29, 0.717) is 25.7 Å². The van der Waals surface area contributed by atoms with E-state index in [0.717, 1.165) is 0 Å². The number of carbonyl (C=O) groups is 1. The van der Waals surface area contributed by atoms with Gasteiger partial charge in [0, 0.05) is 13.2 Å². The Bertz CT molecular complexity index is 219. The van der Waals surface area contributed by atoms with Crippen LogP contribution in [0.5, 0.6) is 0 Å². The molecule has 0 aliphatic carbocycles. The van der Waals surface area contributed by atoms with Crippen LogP contribution in [0.1, 0.15) is 27.7 Å². The molecule has 15 heavy (non-hydrogen) atoms. The first-order chi connectivity index (χ1) is 7.07. The molecule has 4 nitrogen and oxygen atoms in total. The van der Waals surface area contributed by atoms with Gasteiger partial charge < -0.3 is 9.64 Å². The molecule has 88 valence electrons. The van der Waals surface area contributed by atoms with E-state index < -0.39 is 0 Å². The third kappa shape index (κ3) is 2.92. The van der Waals surface area contributed by atoms with Crippen LogP contribution in [-0.4, -0.2) is 42.8 Å². The smallest absolute Gasteiger partial charge is 0.240 e. The van der Waals surface area contributed by atoms with Gasteiger partial charge in [-0.2, -0.15) is 0 Å². The van der Waals surface area contributed by atoms with Gasteiger partial charge in [0.25, 0.3) is 0 Å². The summed E-state index contributed by atoms with van der Waals surface area (Å²) in [6.07, 6.45) is 0.160. The summed E-state index contributed by atoms with van der Waals surface area (Å²) in [7, 11) is 0. The Hall–Kier alpha value is -0.610. The van der Waals surface area contributed by atoms with Crippen molar-refractivity contribution in [1.29, 1.82) is 0 Å². The fraction of sp³-hybridized carbons (Fsp3) is 0.909. The first-order valence-electron chi connectivity index (χ1n) is 5.72. The molecule has 0 aromatic carbocycles. The third-order valence-corrected chi connectivity index (χ3v) is 2.72. The molecule has 4 heteroatoms. The molecule has 1 amide bonds. The van der Waals surface area contributed by atoms with Crippen LogP contribution in [0.3, 0.4) is 0 Å². The van der Waals surface area contributed by atoms with E-state index in [2.05, 4.69) is 19.2 Å². The summed E-state index contributed by atoms with van der Waals surface area (Å²) in [4.78, 5) is 13.7. The minimum atomic E-state index is -0.0565. The van der Waals surface area contributed by atoms with E-state index in [1.165, 1.54) is 0 Å². The molecule has 1 aliphatic rings. The summed E-state index contributed by atoms with van der Waals surface area (Å²) in [6.45, 7) is 10.1. The fourth-order valence-electron chi connectivity index (χ4n) is 1.91. The summed E-state index contributed by atoms with van der Waals surface area (Å²) in [5, 5.41) is 3.30. The summed E-state index contributed by atoms with van der Waals surface area (Å²) in [5.74, 6) is 0.619. The zero-order valence-electron chi connectivity index (χ0n) is 10.1. The third-order valence-electron chi connectivity index (χ3n) is 2.72. The van der Waals surface area contributed by atoms with Gasteiger partial charge in [0.05, 0.1) is 18.8 Å². The van der Waals surface area contributed by atoms with Crippen molar-refractivity contribution < 1.29 is 9.53 Å². The maximum Gasteiger partial charge on any atom is 0.240 e. The molecule has 2 atom stereocenters. The van der Waals surface area contributed by atoms with E-state index in [-0.39, 0.29) is 18.1 Å². The monoisotopic (exact) mass is 214 g/mol. The predicted octanol–water partition coefficient (Wildman–Crippen LogP) is 0.825. The number of nitrogens with one attached hydrogen (secondary N) is 1. The van der Waals surface area contributed by atoms with Crippen LogP contribution < -0.4 is 5.32 Å². The van der Waals surface area contributed by atoms with Gasteiger partial charge in [0.2, 0.25) is 5.91 Å². The molecule has 0 radical (unpaired) electrons. The number of amides is 1. The summed E-state index contributed by atoms with van der Waals surface area (Å²) in [6, 6.07) is -0.0565. The maximum absolute atomic E-state index is 11.8. The van der Waals surface area contributed by atoms with Crippen LogP contribution in [-0.2, 0) is 9.53 Å². The second kappa shape index (κ2) is 5.47. The molecule has 0 bridgehead atoms. The minimum absolute atomic E-state index is 0.0565. The van der Waals surface area contributed by atoms with E-state index in [1.807, 2.05) is 18.7 Å². The topological polar surface area (TPSA) is 41.6 Å². The molecule has 1 rings (SSSR count). The molecule has 0 aromatic rings. The predicted molar refractivity (Wildman–Crippen MR) is 59.4 cm³/mol. The van der Waals surface area contributed by atoms with Crippen molar-refractivity contribution in [3.8, 4) is 0 Å². The van der Waals surface area contributed by atoms with Crippen LogP contribution in [0.2, 0.25) is 0 Å². The van der Waals surface area contributed by atoms with Crippen molar-refractivity contribution in [2.45, 2.75) is 39.9 Å². The molecule has 1 aliphatic heterocycles. The molecule has 0 saturated carbocycles. The van der Waals surface area contributed by atoms with Crippen molar-refractivity contribution in [2.24, 2.45) is 5.92 Å². The molecule has 0 aromatic heterocycles. The van der Waals surface area contributed by atoms with Crippen LogP contribution in [0.15, 0.2) is 0 Å². The van der Waals surface area contributed by atoms with Crippen LogP contribution >= 0.6 is 0 Å². The van der Waals surface area contributed by atoms with Gasteiger partial charge in [-0.25, -0.2) is 0 Å². The number of carbonyl (C=O) groups excluding carboxylic acids is 1. The Morgan fingerprint density at radius 2 is 2.20 bits per heavy atom. The van der Waals surface area contributed by atoms with Crippen molar-refractivity contribution in [3.63, 3.8) is 0 Å². The lowest BCUT2D eigenvalue weighted by molar-refractivity contribution is -0.131. The van der Waals surface area contributed by atoms with E-state index in [9.17, 15) is 4.79 Å². The molecule has 0 spiro atoms. The Balaban J connectivity index is 2.53. The van der Waals surface area contributed by atoms with Gasteiger partial charge in [-0.15, -0.1) is 0 Å². The largest absolute Gasteiger partial charge is 0.380 e. The molecule has 1 saturated heterocycles. The molecule has 1 N–H and O–H groups in total. The average molecular weight is 214 g/mol. The highest BCUT2D eigenvalue weighted by Crippen LogP contribution is 2.16. The second-order valence-corrected chi connectivity index (χ2v) is 4.31. The number of ether oxygens (including phenoxy) is 1. The Labute approximate surface area is 92.0 Å². The standard InChI is InChI=1S/C11H22N2O2/c1-5-15-7-6-13-10(8(2)3)12-9(4)11(13)14/h8-10,12H,5-7H2,1-4H3. The highest BCUT2D eigenvalue weighted by atomic mass is 16.5. The number of hydrogen-bond donors (Lipinski definition) is 1. The van der Waals surface area contributed by atoms with Crippen molar-refractivity contribution in [2.75, 3.05) is 19.8 Å². The zero-order chi connectivity index (χ0) is 11.4. The average Bonchev–Trinajstić information content (AvgIpc) is 2.46. The van der Waals surface area contributed by atoms with Gasteiger partial charge in [-0.1, -0.05) is 13.8 Å². The lowest BCUT2D eigenvalue weighted by Crippen LogP contribution is -2.43. The molecule has 2 unspecified atom stereocenters. The molecule has 1 heterocycles. The molecular formula is C11H22N2O2. The quantitative estimate of drug-likeness (QED) is 0.689. The van der Waals surface area contributed by atoms with Gasteiger partial charge >= 0.3 is 0 Å². The minimum Gasteiger partial charge on any atom is -0.380 e. The van der Waals surface area contributed by atoms with E-state index in [4.69, 9.17) is 4.74 Å². The number of hydrogen-bond acceptors (Lipinski definition) is 3. The molecular weight excluding hydrogens is 192 g/mol. The van der Waals surface area contributed by atoms with Gasteiger partial charge in [-0.05, 0) is 19.8 Å². The lowest BCUT2D eigenvalue weighted by atomic mass is 10.1. The second-order valence-electron chi connectivity index (χ2n) is 4.31. The fourth-order valence-corrected chi connectivity index (χ4v) is 1.91. The Morgan fingerprint density at radius 3 is 2.73 bits per heavy atom. The van der Waals surface area contributed by atoms with Crippen LogP contribution in [0.4, 0.5) is 0 Å². The maximum atomic E-state index is 11.8. The van der Waals surface area contributed by atoms with Crippen molar-refractivity contribution >= 4 is 5.91 Å². The lowest BCUT2D eigenvalue weighted by Gasteiger charge is -2.27.